The summed E-state index contributed by atoms with van der Waals surface area (Å²) in [7, 11) is 0. The van der Waals surface area contributed by atoms with Crippen molar-refractivity contribution in [1.29, 1.82) is 0 Å². The number of nitrogens with zero attached hydrogens (tertiary/aromatic N) is 4. The van der Waals surface area contributed by atoms with E-state index in [4.69, 9.17) is 0 Å². The zero-order valence-electron chi connectivity index (χ0n) is 12.3. The van der Waals surface area contributed by atoms with Gasteiger partial charge in [0.25, 0.3) is 22.7 Å². The maximum atomic E-state index is 11.2. The second-order valence-electron chi connectivity index (χ2n) is 4.75. The number of hydrogen-bond donors (Lipinski definition) is 2. The van der Waals surface area contributed by atoms with Crippen LogP contribution in [0.25, 0.3) is 11.1 Å². The molecule has 14 heteroatoms. The monoisotopic (exact) mass is 366 g/mol. The summed E-state index contributed by atoms with van der Waals surface area (Å²) in [5.41, 5.74) is -5.74. The van der Waals surface area contributed by atoms with Crippen LogP contribution >= 0.6 is 0 Å². The largest absolute Gasteiger partial charge is 0.507 e. The highest BCUT2D eigenvalue weighted by Gasteiger charge is 2.34. The normalized spacial score (nSPS) is 10.3. The summed E-state index contributed by atoms with van der Waals surface area (Å²) >= 11 is 0. The minimum Gasteiger partial charge on any atom is -0.507 e. The number of rotatable bonds is 5. The Hall–Kier alpha value is -4.36. The lowest BCUT2D eigenvalue weighted by Crippen LogP contribution is -2.00. The molecule has 2 aromatic carbocycles. The molecule has 0 aliphatic carbocycles. The van der Waals surface area contributed by atoms with E-state index in [1.54, 1.807) is 0 Å². The summed E-state index contributed by atoms with van der Waals surface area (Å²) < 4.78 is 0. The number of hydrogen-bond acceptors (Lipinski definition) is 10. The van der Waals surface area contributed by atoms with Crippen molar-refractivity contribution in [3.05, 3.63) is 64.7 Å². The van der Waals surface area contributed by atoms with Crippen LogP contribution in [0.3, 0.4) is 0 Å². The molecule has 0 aromatic heterocycles. The third kappa shape index (κ3) is 3.01. The SMILES string of the molecule is O=[N+]([O-])c1cc(O)c(-c2c(O)cc([N+](=O)[O-])cc2[N+](=O)[O-])c([N+](=O)[O-])c1. The van der Waals surface area contributed by atoms with Gasteiger partial charge in [0.15, 0.2) is 0 Å². The van der Waals surface area contributed by atoms with E-state index in [2.05, 4.69) is 0 Å². The molecule has 14 nitrogen and oxygen atoms in total. The number of benzene rings is 2. The Morgan fingerprint density at radius 3 is 1.12 bits per heavy atom. The van der Waals surface area contributed by atoms with Gasteiger partial charge in [-0.1, -0.05) is 0 Å². The van der Waals surface area contributed by atoms with Crippen molar-refractivity contribution in [2.24, 2.45) is 0 Å². The van der Waals surface area contributed by atoms with Gasteiger partial charge in [0.05, 0.1) is 44.0 Å². The minimum atomic E-state index is -1.16. The Balaban J connectivity index is 2.96. The Morgan fingerprint density at radius 2 is 0.885 bits per heavy atom. The smallest absolute Gasteiger partial charge is 0.288 e. The number of non-ortho nitro benzene ring substituents is 2. The second kappa shape index (κ2) is 6.27. The fraction of sp³-hybridized carbons (Fsp3) is 0. The van der Waals surface area contributed by atoms with Crippen LogP contribution in [0, 0.1) is 40.5 Å². The molecule has 2 N–H and O–H groups in total. The van der Waals surface area contributed by atoms with E-state index < -0.39 is 65.1 Å². The average Bonchev–Trinajstić information content (AvgIpc) is 2.53. The molecular weight excluding hydrogens is 360 g/mol. The van der Waals surface area contributed by atoms with Crippen LogP contribution < -0.4 is 0 Å². The molecule has 26 heavy (non-hydrogen) atoms. The molecule has 134 valence electrons. The summed E-state index contributed by atoms with van der Waals surface area (Å²) in [6.07, 6.45) is 0. The van der Waals surface area contributed by atoms with E-state index in [0.29, 0.717) is 24.3 Å². The lowest BCUT2D eigenvalue weighted by atomic mass is 9.98. The first-order chi connectivity index (χ1) is 12.0. The maximum Gasteiger partial charge on any atom is 0.288 e. The maximum absolute atomic E-state index is 11.2. The molecule has 0 heterocycles. The topological polar surface area (TPSA) is 213 Å². The number of nitro groups is 4. The highest BCUT2D eigenvalue weighted by Crippen LogP contribution is 2.49. The lowest BCUT2D eigenvalue weighted by molar-refractivity contribution is -0.395. The van der Waals surface area contributed by atoms with E-state index in [-0.39, 0.29) is 0 Å². The number of phenols is 2. The fourth-order valence-electron chi connectivity index (χ4n) is 2.21. The quantitative estimate of drug-likeness (QED) is 0.581. The standard InChI is InChI=1S/C12H6N4O10/c17-9-3-5(13(19)20)1-7(15(23)24)11(9)12-8(16(25)26)2-6(14(21)22)4-10(12)18/h1-4,17-18H. The van der Waals surface area contributed by atoms with Gasteiger partial charge in [-0.3, -0.25) is 40.5 Å². The molecule has 0 radical (unpaired) electrons. The van der Waals surface area contributed by atoms with Crippen LogP contribution in [-0.4, -0.2) is 29.9 Å². The molecule has 0 amide bonds. The van der Waals surface area contributed by atoms with Crippen LogP contribution in [0.15, 0.2) is 24.3 Å². The molecule has 2 aromatic rings. The zero-order chi connectivity index (χ0) is 19.8. The van der Waals surface area contributed by atoms with Crippen LogP contribution in [0.4, 0.5) is 22.7 Å². The van der Waals surface area contributed by atoms with E-state index in [9.17, 15) is 50.7 Å². The summed E-state index contributed by atoms with van der Waals surface area (Å²) in [5, 5.41) is 63.9. The summed E-state index contributed by atoms with van der Waals surface area (Å²) in [4.78, 5) is 39.6. The minimum absolute atomic E-state index is 0.430. The predicted molar refractivity (Wildman–Crippen MR) is 81.8 cm³/mol. The van der Waals surface area contributed by atoms with Gasteiger partial charge in [-0.2, -0.15) is 0 Å². The van der Waals surface area contributed by atoms with Gasteiger partial charge in [0.1, 0.15) is 22.6 Å². The van der Waals surface area contributed by atoms with Gasteiger partial charge in [0.2, 0.25) is 0 Å². The first-order valence-corrected chi connectivity index (χ1v) is 6.36. The Kier molecular flexibility index (Phi) is 4.34. The van der Waals surface area contributed by atoms with E-state index in [1.165, 1.54) is 0 Å². The summed E-state index contributed by atoms with van der Waals surface area (Å²) in [5.74, 6) is -2.20. The molecule has 0 unspecified atom stereocenters. The third-order valence-corrected chi connectivity index (χ3v) is 3.23. The molecule has 2 rings (SSSR count). The van der Waals surface area contributed by atoms with E-state index in [0.717, 1.165) is 0 Å². The van der Waals surface area contributed by atoms with Crippen molar-refractivity contribution in [2.45, 2.75) is 0 Å². The van der Waals surface area contributed by atoms with Gasteiger partial charge >= 0.3 is 0 Å². The van der Waals surface area contributed by atoms with Crippen molar-refractivity contribution < 1.29 is 29.9 Å². The third-order valence-electron chi connectivity index (χ3n) is 3.23. The molecular formula is C12H6N4O10. The molecule has 0 saturated carbocycles. The van der Waals surface area contributed by atoms with Crippen molar-refractivity contribution >= 4 is 22.7 Å². The number of phenolic OH excluding ortho intramolecular Hbond substituents is 2. The van der Waals surface area contributed by atoms with Gasteiger partial charge in [0, 0.05) is 0 Å². The van der Waals surface area contributed by atoms with Gasteiger partial charge < -0.3 is 10.2 Å². The first-order valence-electron chi connectivity index (χ1n) is 6.36. The van der Waals surface area contributed by atoms with Gasteiger partial charge in [-0.05, 0) is 0 Å². The molecule has 0 atom stereocenters. The summed E-state index contributed by atoms with van der Waals surface area (Å²) in [6.45, 7) is 0. The van der Waals surface area contributed by atoms with Crippen LogP contribution in [0.1, 0.15) is 0 Å². The zero-order valence-corrected chi connectivity index (χ0v) is 12.3. The first kappa shape index (κ1) is 18.0. The fourth-order valence-corrected chi connectivity index (χ4v) is 2.21. The van der Waals surface area contributed by atoms with Gasteiger partial charge in [-0.25, -0.2) is 0 Å². The lowest BCUT2D eigenvalue weighted by Gasteiger charge is -2.09. The van der Waals surface area contributed by atoms with Gasteiger partial charge in [-0.15, -0.1) is 0 Å². The van der Waals surface area contributed by atoms with E-state index >= 15 is 0 Å². The molecule has 0 saturated heterocycles. The number of nitro benzene ring substituents is 4. The summed E-state index contributed by atoms with van der Waals surface area (Å²) in [6, 6.07) is 1.85. The predicted octanol–water partition coefficient (Wildman–Crippen LogP) is 2.40. The van der Waals surface area contributed by atoms with Crippen molar-refractivity contribution in [2.75, 3.05) is 0 Å². The van der Waals surface area contributed by atoms with Crippen LogP contribution in [0.2, 0.25) is 0 Å². The number of aromatic hydroxyl groups is 2. The molecule has 0 fully saturated rings. The van der Waals surface area contributed by atoms with Crippen molar-refractivity contribution in [1.82, 2.24) is 0 Å². The Labute approximate surface area is 141 Å². The molecule has 0 bridgehead atoms. The van der Waals surface area contributed by atoms with Crippen molar-refractivity contribution in [3.63, 3.8) is 0 Å². The Morgan fingerprint density at radius 1 is 0.577 bits per heavy atom. The Bertz CT molecular complexity index is 907. The average molecular weight is 366 g/mol. The highest BCUT2D eigenvalue weighted by molar-refractivity contribution is 5.90. The van der Waals surface area contributed by atoms with E-state index in [1.807, 2.05) is 0 Å². The van der Waals surface area contributed by atoms with Crippen molar-refractivity contribution in [3.8, 4) is 22.6 Å². The molecule has 0 aliphatic heterocycles. The second-order valence-corrected chi connectivity index (χ2v) is 4.75. The molecule has 0 aliphatic rings. The highest BCUT2D eigenvalue weighted by atomic mass is 16.6. The van der Waals surface area contributed by atoms with Crippen LogP contribution in [0.5, 0.6) is 11.5 Å². The molecule has 0 spiro atoms. The van der Waals surface area contributed by atoms with Crippen LogP contribution in [-0.2, 0) is 0 Å².